The molecule has 0 aromatic rings. The molecule has 2 aliphatic rings. The summed E-state index contributed by atoms with van der Waals surface area (Å²) < 4.78 is 5.65. The van der Waals surface area contributed by atoms with E-state index < -0.39 is 0 Å². The standard InChI is InChI=1S/C14H26N4O3/c1-10-7-18(8-11(2)21-10)13(19)9-17-5-4-16-6-12(17)14(20)15-3/h10-12,16H,4-9H2,1-3H3,(H,15,20). The van der Waals surface area contributed by atoms with E-state index in [1.54, 1.807) is 7.05 Å². The summed E-state index contributed by atoms with van der Waals surface area (Å²) in [6.45, 7) is 7.60. The number of amides is 2. The average Bonchev–Trinajstić information content (AvgIpc) is 2.46. The van der Waals surface area contributed by atoms with E-state index in [2.05, 4.69) is 10.6 Å². The van der Waals surface area contributed by atoms with E-state index in [0.29, 0.717) is 32.7 Å². The summed E-state index contributed by atoms with van der Waals surface area (Å²) in [5, 5.41) is 5.87. The molecule has 0 aromatic carbocycles. The van der Waals surface area contributed by atoms with Gasteiger partial charge in [-0.1, -0.05) is 0 Å². The molecule has 3 atom stereocenters. The zero-order valence-electron chi connectivity index (χ0n) is 13.1. The third kappa shape index (κ3) is 4.15. The van der Waals surface area contributed by atoms with Crippen molar-refractivity contribution < 1.29 is 14.3 Å². The van der Waals surface area contributed by atoms with Gasteiger partial charge in [-0.2, -0.15) is 0 Å². The van der Waals surface area contributed by atoms with Crippen molar-refractivity contribution in [3.63, 3.8) is 0 Å². The molecule has 7 nitrogen and oxygen atoms in total. The summed E-state index contributed by atoms with van der Waals surface area (Å²) in [6.07, 6.45) is 0.130. The first-order chi connectivity index (χ1) is 10.0. The number of piperazine rings is 1. The second-order valence-electron chi connectivity index (χ2n) is 5.86. The fourth-order valence-electron chi connectivity index (χ4n) is 3.02. The van der Waals surface area contributed by atoms with Gasteiger partial charge in [-0.3, -0.25) is 14.5 Å². The van der Waals surface area contributed by atoms with Crippen molar-refractivity contribution in [3.8, 4) is 0 Å². The molecule has 3 unspecified atom stereocenters. The molecule has 21 heavy (non-hydrogen) atoms. The Hall–Kier alpha value is -1.18. The lowest BCUT2D eigenvalue weighted by molar-refractivity contribution is -0.145. The van der Waals surface area contributed by atoms with Crippen molar-refractivity contribution in [1.82, 2.24) is 20.4 Å². The highest BCUT2D eigenvalue weighted by Gasteiger charge is 2.32. The number of carbonyl (C=O) groups excluding carboxylic acids is 2. The van der Waals surface area contributed by atoms with Crippen molar-refractivity contribution in [2.24, 2.45) is 0 Å². The van der Waals surface area contributed by atoms with Crippen LogP contribution in [0, 0.1) is 0 Å². The lowest BCUT2D eigenvalue weighted by Crippen LogP contribution is -2.60. The van der Waals surface area contributed by atoms with E-state index in [0.717, 1.165) is 6.54 Å². The topological polar surface area (TPSA) is 73.9 Å². The third-order valence-electron chi connectivity index (χ3n) is 4.01. The third-order valence-corrected chi connectivity index (χ3v) is 4.01. The van der Waals surface area contributed by atoms with Crippen LogP contribution in [0.4, 0.5) is 0 Å². The molecule has 2 amide bonds. The quantitative estimate of drug-likeness (QED) is 0.673. The summed E-state index contributed by atoms with van der Waals surface area (Å²) >= 11 is 0. The largest absolute Gasteiger partial charge is 0.372 e. The SMILES string of the molecule is CNC(=O)C1CNCCN1CC(=O)N1CC(C)OC(C)C1. The predicted molar refractivity (Wildman–Crippen MR) is 78.9 cm³/mol. The molecule has 0 saturated carbocycles. The fourth-order valence-corrected chi connectivity index (χ4v) is 3.02. The van der Waals surface area contributed by atoms with E-state index in [1.807, 2.05) is 23.6 Å². The minimum absolute atomic E-state index is 0.0429. The van der Waals surface area contributed by atoms with Gasteiger partial charge in [0.25, 0.3) is 0 Å². The molecule has 0 bridgehead atoms. The van der Waals surface area contributed by atoms with Crippen molar-refractivity contribution in [3.05, 3.63) is 0 Å². The van der Waals surface area contributed by atoms with Crippen LogP contribution in [0.15, 0.2) is 0 Å². The Balaban J connectivity index is 1.95. The first-order valence-corrected chi connectivity index (χ1v) is 7.61. The van der Waals surface area contributed by atoms with Crippen LogP contribution in [0.5, 0.6) is 0 Å². The Morgan fingerprint density at radius 2 is 1.95 bits per heavy atom. The van der Waals surface area contributed by atoms with Gasteiger partial charge in [-0.25, -0.2) is 0 Å². The van der Waals surface area contributed by atoms with Crippen LogP contribution in [0.3, 0.4) is 0 Å². The molecule has 0 radical (unpaired) electrons. The summed E-state index contributed by atoms with van der Waals surface area (Å²) in [6, 6.07) is -0.274. The smallest absolute Gasteiger partial charge is 0.238 e. The molecule has 7 heteroatoms. The van der Waals surface area contributed by atoms with Crippen molar-refractivity contribution in [2.75, 3.05) is 46.3 Å². The number of hydrogen-bond donors (Lipinski definition) is 2. The van der Waals surface area contributed by atoms with Gasteiger partial charge in [0.15, 0.2) is 0 Å². The highest BCUT2D eigenvalue weighted by molar-refractivity contribution is 5.84. The van der Waals surface area contributed by atoms with Gasteiger partial charge < -0.3 is 20.3 Å². The van der Waals surface area contributed by atoms with Crippen LogP contribution in [-0.4, -0.2) is 86.2 Å². The molecule has 120 valence electrons. The Labute approximate surface area is 126 Å². The van der Waals surface area contributed by atoms with Gasteiger partial charge in [0.2, 0.25) is 11.8 Å². The van der Waals surface area contributed by atoms with Crippen molar-refractivity contribution in [2.45, 2.75) is 32.1 Å². The molecule has 0 aliphatic carbocycles. The Morgan fingerprint density at radius 1 is 1.29 bits per heavy atom. The number of nitrogens with zero attached hydrogens (tertiary/aromatic N) is 2. The van der Waals surface area contributed by atoms with Crippen LogP contribution in [0.2, 0.25) is 0 Å². The van der Waals surface area contributed by atoms with Crippen LogP contribution in [0.1, 0.15) is 13.8 Å². The van der Waals surface area contributed by atoms with E-state index in [9.17, 15) is 9.59 Å². The maximum Gasteiger partial charge on any atom is 0.238 e. The number of likely N-dealkylation sites (N-methyl/N-ethyl adjacent to an activating group) is 1. The van der Waals surface area contributed by atoms with E-state index in [-0.39, 0.29) is 30.1 Å². The number of morpholine rings is 1. The van der Waals surface area contributed by atoms with Gasteiger partial charge in [0, 0.05) is 39.8 Å². The number of hydrogen-bond acceptors (Lipinski definition) is 5. The second kappa shape index (κ2) is 7.20. The van der Waals surface area contributed by atoms with Gasteiger partial charge >= 0.3 is 0 Å². The zero-order chi connectivity index (χ0) is 15.4. The highest BCUT2D eigenvalue weighted by atomic mass is 16.5. The molecule has 2 fully saturated rings. The van der Waals surface area contributed by atoms with Crippen LogP contribution in [0.25, 0.3) is 0 Å². The van der Waals surface area contributed by atoms with Crippen LogP contribution in [-0.2, 0) is 14.3 Å². The summed E-state index contributed by atoms with van der Waals surface area (Å²) in [5.41, 5.74) is 0. The molecule has 2 N–H and O–H groups in total. The minimum atomic E-state index is -0.274. The monoisotopic (exact) mass is 298 g/mol. The van der Waals surface area contributed by atoms with Gasteiger partial charge in [-0.15, -0.1) is 0 Å². The summed E-state index contributed by atoms with van der Waals surface area (Å²) in [7, 11) is 1.63. The maximum atomic E-state index is 12.5. The summed E-state index contributed by atoms with van der Waals surface area (Å²) in [5.74, 6) is 0.0338. The van der Waals surface area contributed by atoms with Gasteiger partial charge in [0.05, 0.1) is 18.8 Å². The fraction of sp³-hybridized carbons (Fsp3) is 0.857. The van der Waals surface area contributed by atoms with Gasteiger partial charge in [-0.05, 0) is 13.8 Å². The summed E-state index contributed by atoms with van der Waals surface area (Å²) in [4.78, 5) is 28.2. The van der Waals surface area contributed by atoms with E-state index >= 15 is 0 Å². The lowest BCUT2D eigenvalue weighted by Gasteiger charge is -2.39. The van der Waals surface area contributed by atoms with Crippen molar-refractivity contribution in [1.29, 1.82) is 0 Å². The Kier molecular flexibility index (Phi) is 5.55. The second-order valence-corrected chi connectivity index (χ2v) is 5.86. The lowest BCUT2D eigenvalue weighted by atomic mass is 10.1. The maximum absolute atomic E-state index is 12.5. The number of rotatable bonds is 3. The Bertz CT molecular complexity index is 380. The van der Waals surface area contributed by atoms with Gasteiger partial charge in [0.1, 0.15) is 6.04 Å². The molecule has 0 aromatic heterocycles. The predicted octanol–water partition coefficient (Wildman–Crippen LogP) is -1.36. The molecule has 0 spiro atoms. The number of ether oxygens (including phenoxy) is 1. The highest BCUT2D eigenvalue weighted by Crippen LogP contribution is 2.12. The zero-order valence-corrected chi connectivity index (χ0v) is 13.1. The molecule has 2 aliphatic heterocycles. The van der Waals surface area contributed by atoms with E-state index in [4.69, 9.17) is 4.74 Å². The molecule has 2 rings (SSSR count). The molecule has 2 heterocycles. The van der Waals surface area contributed by atoms with Crippen molar-refractivity contribution >= 4 is 11.8 Å². The first kappa shape index (κ1) is 16.2. The normalized spacial score (nSPS) is 31.0. The van der Waals surface area contributed by atoms with Crippen LogP contribution < -0.4 is 10.6 Å². The minimum Gasteiger partial charge on any atom is -0.372 e. The van der Waals surface area contributed by atoms with Crippen LogP contribution >= 0.6 is 0 Å². The Morgan fingerprint density at radius 3 is 2.57 bits per heavy atom. The molecular weight excluding hydrogens is 272 g/mol. The first-order valence-electron chi connectivity index (χ1n) is 7.61. The number of nitrogens with one attached hydrogen (secondary N) is 2. The molecular formula is C14H26N4O3. The number of carbonyl (C=O) groups is 2. The van der Waals surface area contributed by atoms with E-state index in [1.165, 1.54) is 0 Å². The molecule has 2 saturated heterocycles. The average molecular weight is 298 g/mol.